The van der Waals surface area contributed by atoms with Gasteiger partial charge in [0.1, 0.15) is 0 Å². The Morgan fingerprint density at radius 3 is 2.52 bits per heavy atom. The van der Waals surface area contributed by atoms with Gasteiger partial charge in [-0.2, -0.15) is 0 Å². The summed E-state index contributed by atoms with van der Waals surface area (Å²) in [4.78, 5) is 42.9. The molecule has 1 aliphatic heterocycles. The van der Waals surface area contributed by atoms with E-state index in [1.54, 1.807) is 16.8 Å². The van der Waals surface area contributed by atoms with Crippen LogP contribution in [0.25, 0.3) is 10.9 Å². The Morgan fingerprint density at radius 2 is 1.81 bits per heavy atom. The lowest BCUT2D eigenvalue weighted by Crippen LogP contribution is -2.51. The zero-order valence-corrected chi connectivity index (χ0v) is 17.1. The number of anilines is 1. The lowest BCUT2D eigenvalue weighted by molar-refractivity contribution is -0.384. The van der Waals surface area contributed by atoms with Gasteiger partial charge in [-0.3, -0.25) is 19.7 Å². The van der Waals surface area contributed by atoms with Crippen LogP contribution < -0.4 is 5.32 Å². The summed E-state index contributed by atoms with van der Waals surface area (Å²) in [5.74, 6) is -0.264. The highest BCUT2D eigenvalue weighted by atomic mass is 16.6. The first-order valence-corrected chi connectivity index (χ1v) is 10.1. The molecule has 1 aliphatic rings. The summed E-state index contributed by atoms with van der Waals surface area (Å²) in [6.45, 7) is 1.61. The van der Waals surface area contributed by atoms with Gasteiger partial charge in [0.15, 0.2) is 0 Å². The molecule has 3 aromatic rings. The number of non-ortho nitro benzene ring substituents is 1. The van der Waals surface area contributed by atoms with E-state index in [2.05, 4.69) is 10.3 Å². The van der Waals surface area contributed by atoms with Crippen molar-refractivity contribution in [3.05, 3.63) is 69.9 Å². The number of aromatic nitrogens is 1. The third kappa shape index (κ3) is 4.07. The van der Waals surface area contributed by atoms with Crippen LogP contribution >= 0.6 is 0 Å². The molecule has 0 saturated carbocycles. The third-order valence-corrected chi connectivity index (χ3v) is 5.65. The number of amides is 2. The van der Waals surface area contributed by atoms with Gasteiger partial charge in [-0.1, -0.05) is 18.2 Å². The molecule has 4 rings (SSSR count). The molecule has 9 heteroatoms. The molecule has 0 unspecified atom stereocenters. The van der Waals surface area contributed by atoms with Crippen molar-refractivity contribution in [1.82, 2.24) is 14.8 Å². The number of piperazine rings is 1. The van der Waals surface area contributed by atoms with Crippen LogP contribution in [0.1, 0.15) is 15.9 Å². The molecule has 2 amide bonds. The van der Waals surface area contributed by atoms with Gasteiger partial charge in [0.05, 0.1) is 16.9 Å². The summed E-state index contributed by atoms with van der Waals surface area (Å²) < 4.78 is 0. The number of nitro benzene ring substituents is 1. The van der Waals surface area contributed by atoms with E-state index in [9.17, 15) is 19.7 Å². The van der Waals surface area contributed by atoms with E-state index in [-0.39, 0.29) is 23.1 Å². The molecular formula is C22H23N5O4. The van der Waals surface area contributed by atoms with E-state index in [0.29, 0.717) is 38.3 Å². The lowest BCUT2D eigenvalue weighted by atomic mass is 10.1. The topological polar surface area (TPSA) is 112 Å². The molecule has 0 aliphatic carbocycles. The van der Waals surface area contributed by atoms with E-state index >= 15 is 0 Å². The highest BCUT2D eigenvalue weighted by Crippen LogP contribution is 2.24. The van der Waals surface area contributed by atoms with Crippen molar-refractivity contribution < 1.29 is 14.5 Å². The molecule has 0 spiro atoms. The number of benzene rings is 2. The molecular weight excluding hydrogens is 398 g/mol. The maximum atomic E-state index is 13.0. The average molecular weight is 421 g/mol. The fourth-order valence-corrected chi connectivity index (χ4v) is 3.92. The number of carbonyl (C=O) groups is 2. The number of nitrogens with one attached hydrogen (secondary N) is 2. The number of nitrogens with zero attached hydrogens (tertiary/aromatic N) is 3. The Balaban J connectivity index is 1.41. The molecule has 0 radical (unpaired) electrons. The minimum atomic E-state index is -0.516. The number of aromatic amines is 1. The fraction of sp³-hybridized carbons (Fsp3) is 0.273. The second kappa shape index (κ2) is 8.47. The Bertz CT molecular complexity index is 1150. The normalized spacial score (nSPS) is 14.0. The van der Waals surface area contributed by atoms with Crippen LogP contribution in [0.5, 0.6) is 0 Å². The Morgan fingerprint density at radius 1 is 1.10 bits per heavy atom. The second-order valence-corrected chi connectivity index (χ2v) is 7.45. The van der Waals surface area contributed by atoms with Gasteiger partial charge >= 0.3 is 0 Å². The van der Waals surface area contributed by atoms with Crippen molar-refractivity contribution in [2.75, 3.05) is 38.5 Å². The quantitative estimate of drug-likeness (QED) is 0.486. The fourth-order valence-electron chi connectivity index (χ4n) is 3.92. The Kier molecular flexibility index (Phi) is 5.57. The molecule has 1 fully saturated rings. The molecule has 2 heterocycles. The summed E-state index contributed by atoms with van der Waals surface area (Å²) >= 11 is 0. The lowest BCUT2D eigenvalue weighted by Gasteiger charge is -2.35. The van der Waals surface area contributed by atoms with Crippen LogP contribution in [0.15, 0.2) is 48.7 Å². The van der Waals surface area contributed by atoms with Gasteiger partial charge in [-0.25, -0.2) is 0 Å². The summed E-state index contributed by atoms with van der Waals surface area (Å²) in [6.07, 6.45) is 2.16. The molecule has 160 valence electrons. The van der Waals surface area contributed by atoms with Crippen molar-refractivity contribution in [3.8, 4) is 0 Å². The number of hydrogen-bond donors (Lipinski definition) is 2. The van der Waals surface area contributed by atoms with Crippen LogP contribution in [-0.4, -0.2) is 64.7 Å². The highest BCUT2D eigenvalue weighted by Gasteiger charge is 2.27. The van der Waals surface area contributed by atoms with E-state index in [0.717, 1.165) is 16.5 Å². The monoisotopic (exact) mass is 421 g/mol. The predicted molar refractivity (Wildman–Crippen MR) is 117 cm³/mol. The van der Waals surface area contributed by atoms with Gasteiger partial charge in [-0.15, -0.1) is 0 Å². The summed E-state index contributed by atoms with van der Waals surface area (Å²) in [6, 6.07) is 12.0. The van der Waals surface area contributed by atoms with Crippen molar-refractivity contribution >= 4 is 34.1 Å². The zero-order chi connectivity index (χ0) is 22.0. The van der Waals surface area contributed by atoms with Crippen LogP contribution in [-0.2, 0) is 11.2 Å². The number of rotatable bonds is 5. The summed E-state index contributed by atoms with van der Waals surface area (Å²) in [7, 11) is 1.67. The Labute approximate surface area is 178 Å². The van der Waals surface area contributed by atoms with Gasteiger partial charge in [0.2, 0.25) is 5.91 Å². The van der Waals surface area contributed by atoms with Crippen LogP contribution in [0.3, 0.4) is 0 Å². The van der Waals surface area contributed by atoms with Gasteiger partial charge in [0, 0.05) is 68.1 Å². The molecule has 0 atom stereocenters. The highest BCUT2D eigenvalue weighted by molar-refractivity contribution is 6.00. The van der Waals surface area contributed by atoms with Crippen molar-refractivity contribution in [2.45, 2.75) is 6.42 Å². The standard InChI is InChI=1S/C22H23N5O4/c1-23-19-7-6-16(27(30)31)13-18(19)22(29)26-10-8-25(9-11-26)21(28)12-15-14-24-20-5-3-2-4-17(15)20/h2-7,13-14,23-24H,8-12H2,1H3. The second-order valence-electron chi connectivity index (χ2n) is 7.45. The summed E-state index contributed by atoms with van der Waals surface area (Å²) in [5, 5.41) is 15.0. The van der Waals surface area contributed by atoms with E-state index in [1.165, 1.54) is 18.2 Å². The first kappa shape index (κ1) is 20.4. The smallest absolute Gasteiger partial charge is 0.270 e. The number of carbonyl (C=O) groups excluding carboxylic acids is 2. The maximum absolute atomic E-state index is 13.0. The average Bonchev–Trinajstić information content (AvgIpc) is 3.21. The minimum absolute atomic E-state index is 0.0168. The number of fused-ring (bicyclic) bond motifs is 1. The number of H-pyrrole nitrogens is 1. The minimum Gasteiger partial charge on any atom is -0.387 e. The number of para-hydroxylation sites is 1. The van der Waals surface area contributed by atoms with E-state index in [4.69, 9.17) is 0 Å². The van der Waals surface area contributed by atoms with Crippen LogP contribution in [0.2, 0.25) is 0 Å². The Hall–Kier alpha value is -3.88. The van der Waals surface area contributed by atoms with E-state index in [1.807, 2.05) is 30.5 Å². The molecule has 1 aromatic heterocycles. The van der Waals surface area contributed by atoms with Crippen LogP contribution in [0.4, 0.5) is 11.4 Å². The first-order valence-electron chi connectivity index (χ1n) is 10.1. The largest absolute Gasteiger partial charge is 0.387 e. The summed E-state index contributed by atoms with van der Waals surface area (Å²) in [5.41, 5.74) is 2.62. The van der Waals surface area contributed by atoms with Crippen molar-refractivity contribution in [2.24, 2.45) is 0 Å². The molecule has 31 heavy (non-hydrogen) atoms. The van der Waals surface area contributed by atoms with E-state index < -0.39 is 4.92 Å². The molecule has 9 nitrogen and oxygen atoms in total. The molecule has 0 bridgehead atoms. The van der Waals surface area contributed by atoms with Gasteiger partial charge in [0.25, 0.3) is 11.6 Å². The predicted octanol–water partition coefficient (Wildman–Crippen LogP) is 2.64. The first-order chi connectivity index (χ1) is 15.0. The molecule has 2 N–H and O–H groups in total. The number of hydrogen-bond acceptors (Lipinski definition) is 5. The maximum Gasteiger partial charge on any atom is 0.270 e. The molecule has 1 saturated heterocycles. The third-order valence-electron chi connectivity index (χ3n) is 5.65. The molecule has 2 aromatic carbocycles. The SMILES string of the molecule is CNc1ccc([N+](=O)[O-])cc1C(=O)N1CCN(C(=O)Cc2c[nH]c3ccccc23)CC1. The van der Waals surface area contributed by atoms with Gasteiger partial charge < -0.3 is 20.1 Å². The van der Waals surface area contributed by atoms with Gasteiger partial charge in [-0.05, 0) is 17.7 Å². The zero-order valence-electron chi connectivity index (χ0n) is 17.1. The number of nitro groups is 1. The van der Waals surface area contributed by atoms with Crippen molar-refractivity contribution in [3.63, 3.8) is 0 Å². The van der Waals surface area contributed by atoms with Crippen LogP contribution in [0, 0.1) is 10.1 Å². The van der Waals surface area contributed by atoms with Crippen molar-refractivity contribution in [1.29, 1.82) is 0 Å².